The van der Waals surface area contributed by atoms with E-state index in [1.807, 2.05) is 24.3 Å². The second-order valence-electron chi connectivity index (χ2n) is 4.78. The second-order valence-corrected chi connectivity index (χ2v) is 5.21. The number of hydrogen-bond donors (Lipinski definition) is 0. The predicted molar refractivity (Wildman–Crippen MR) is 70.3 cm³/mol. The van der Waals surface area contributed by atoms with Gasteiger partial charge in [-0.25, -0.2) is 4.98 Å². The van der Waals surface area contributed by atoms with Crippen LogP contribution >= 0.6 is 11.6 Å². The van der Waals surface area contributed by atoms with Gasteiger partial charge < -0.3 is 4.42 Å². The molecule has 0 fully saturated rings. The van der Waals surface area contributed by atoms with Crippen LogP contribution in [-0.4, -0.2) is 4.98 Å². The lowest BCUT2D eigenvalue weighted by atomic mass is 9.88. The summed E-state index contributed by atoms with van der Waals surface area (Å²) in [5.41, 5.74) is 0.930. The standard InChI is InChI=1S/C14H16ClNO/c1-4-14(2,3)12-9-16-13(17-12)10-6-5-7-11(15)8-10/h5-9H,4H2,1-3H3. The Kier molecular flexibility index (Phi) is 3.25. The van der Waals surface area contributed by atoms with Crippen molar-refractivity contribution in [3.05, 3.63) is 41.2 Å². The molecule has 3 heteroatoms. The zero-order valence-corrected chi connectivity index (χ0v) is 11.1. The minimum Gasteiger partial charge on any atom is -0.441 e. The van der Waals surface area contributed by atoms with Crippen molar-refractivity contribution in [1.29, 1.82) is 0 Å². The molecule has 0 atom stereocenters. The second kappa shape index (κ2) is 4.53. The van der Waals surface area contributed by atoms with Crippen LogP contribution in [0, 0.1) is 0 Å². The van der Waals surface area contributed by atoms with Gasteiger partial charge in [0.2, 0.25) is 5.89 Å². The van der Waals surface area contributed by atoms with Gasteiger partial charge in [-0.15, -0.1) is 0 Å². The van der Waals surface area contributed by atoms with Crippen molar-refractivity contribution >= 4 is 11.6 Å². The third-order valence-electron chi connectivity index (χ3n) is 3.13. The number of rotatable bonds is 3. The fourth-order valence-electron chi connectivity index (χ4n) is 1.52. The van der Waals surface area contributed by atoms with Crippen LogP contribution in [0.15, 0.2) is 34.9 Å². The van der Waals surface area contributed by atoms with Crippen LogP contribution in [0.25, 0.3) is 11.5 Å². The predicted octanol–water partition coefficient (Wildman–Crippen LogP) is 4.68. The maximum Gasteiger partial charge on any atom is 0.226 e. The van der Waals surface area contributed by atoms with E-state index in [1.54, 1.807) is 6.20 Å². The highest BCUT2D eigenvalue weighted by Crippen LogP contribution is 2.30. The summed E-state index contributed by atoms with van der Waals surface area (Å²) >= 11 is 5.95. The molecule has 1 heterocycles. The molecular weight excluding hydrogens is 234 g/mol. The Morgan fingerprint density at radius 2 is 2.12 bits per heavy atom. The van der Waals surface area contributed by atoms with Crippen LogP contribution in [0.3, 0.4) is 0 Å². The molecule has 17 heavy (non-hydrogen) atoms. The molecule has 0 aliphatic heterocycles. The first-order valence-corrected chi connectivity index (χ1v) is 6.13. The summed E-state index contributed by atoms with van der Waals surface area (Å²) in [5, 5.41) is 0.692. The monoisotopic (exact) mass is 249 g/mol. The molecule has 90 valence electrons. The normalized spacial score (nSPS) is 11.8. The highest BCUT2D eigenvalue weighted by Gasteiger charge is 2.23. The van der Waals surface area contributed by atoms with Crippen LogP contribution in [0.5, 0.6) is 0 Å². The van der Waals surface area contributed by atoms with Gasteiger partial charge >= 0.3 is 0 Å². The topological polar surface area (TPSA) is 26.0 Å². The highest BCUT2D eigenvalue weighted by atomic mass is 35.5. The van der Waals surface area contributed by atoms with Gasteiger partial charge in [0, 0.05) is 16.0 Å². The van der Waals surface area contributed by atoms with Crippen LogP contribution in [0.1, 0.15) is 33.0 Å². The molecule has 2 nitrogen and oxygen atoms in total. The number of aromatic nitrogens is 1. The number of benzene rings is 1. The van der Waals surface area contributed by atoms with E-state index in [0.29, 0.717) is 10.9 Å². The number of halogens is 1. The van der Waals surface area contributed by atoms with Crippen LogP contribution in [0.2, 0.25) is 5.02 Å². The van der Waals surface area contributed by atoms with E-state index in [4.69, 9.17) is 16.0 Å². The van der Waals surface area contributed by atoms with Crippen molar-refractivity contribution in [2.24, 2.45) is 0 Å². The van der Waals surface area contributed by atoms with E-state index in [1.165, 1.54) is 0 Å². The zero-order valence-electron chi connectivity index (χ0n) is 10.3. The molecule has 0 aliphatic rings. The molecule has 0 bridgehead atoms. The van der Waals surface area contributed by atoms with Gasteiger partial charge in [-0.3, -0.25) is 0 Å². The van der Waals surface area contributed by atoms with Crippen molar-refractivity contribution in [2.75, 3.05) is 0 Å². The van der Waals surface area contributed by atoms with Crippen molar-refractivity contribution in [3.63, 3.8) is 0 Å². The largest absolute Gasteiger partial charge is 0.441 e. The van der Waals surface area contributed by atoms with Crippen LogP contribution in [-0.2, 0) is 5.41 Å². The summed E-state index contributed by atoms with van der Waals surface area (Å²) < 4.78 is 5.81. The van der Waals surface area contributed by atoms with Gasteiger partial charge in [0.25, 0.3) is 0 Å². The van der Waals surface area contributed by atoms with Gasteiger partial charge in [0.1, 0.15) is 5.76 Å². The van der Waals surface area contributed by atoms with E-state index >= 15 is 0 Å². The average molecular weight is 250 g/mol. The lowest BCUT2D eigenvalue weighted by Gasteiger charge is -2.18. The molecular formula is C14H16ClNO. The summed E-state index contributed by atoms with van der Waals surface area (Å²) in [6.07, 6.45) is 2.82. The fourth-order valence-corrected chi connectivity index (χ4v) is 1.71. The molecule has 0 amide bonds. The lowest BCUT2D eigenvalue weighted by Crippen LogP contribution is -2.13. The van der Waals surface area contributed by atoms with E-state index in [-0.39, 0.29) is 5.41 Å². The first-order chi connectivity index (χ1) is 8.03. The molecule has 0 radical (unpaired) electrons. The SMILES string of the molecule is CCC(C)(C)c1cnc(-c2cccc(Cl)c2)o1. The number of oxazole rings is 1. The maximum absolute atomic E-state index is 5.95. The molecule has 0 aliphatic carbocycles. The zero-order chi connectivity index (χ0) is 12.5. The smallest absolute Gasteiger partial charge is 0.226 e. The minimum atomic E-state index is 0.0177. The summed E-state index contributed by atoms with van der Waals surface area (Å²) in [6, 6.07) is 7.54. The molecule has 1 aromatic heterocycles. The van der Waals surface area contributed by atoms with Gasteiger partial charge in [-0.2, -0.15) is 0 Å². The van der Waals surface area contributed by atoms with Crippen molar-refractivity contribution in [1.82, 2.24) is 4.98 Å². The van der Waals surface area contributed by atoms with E-state index in [2.05, 4.69) is 25.8 Å². The summed E-state index contributed by atoms with van der Waals surface area (Å²) in [4.78, 5) is 4.32. The fraction of sp³-hybridized carbons (Fsp3) is 0.357. The first kappa shape index (κ1) is 12.2. The summed E-state index contributed by atoms with van der Waals surface area (Å²) in [7, 11) is 0. The molecule has 0 N–H and O–H groups in total. The van der Waals surface area contributed by atoms with E-state index in [9.17, 15) is 0 Å². The Bertz CT molecular complexity index is 516. The van der Waals surface area contributed by atoms with Gasteiger partial charge in [-0.05, 0) is 24.6 Å². The maximum atomic E-state index is 5.95. The number of nitrogens with zero attached hydrogens (tertiary/aromatic N) is 1. The van der Waals surface area contributed by atoms with Crippen molar-refractivity contribution in [2.45, 2.75) is 32.6 Å². The summed E-state index contributed by atoms with van der Waals surface area (Å²) in [6.45, 7) is 6.44. The third kappa shape index (κ3) is 2.52. The average Bonchev–Trinajstić information content (AvgIpc) is 2.79. The quantitative estimate of drug-likeness (QED) is 0.789. The van der Waals surface area contributed by atoms with Gasteiger partial charge in [0.05, 0.1) is 6.20 Å². The molecule has 0 saturated heterocycles. The molecule has 2 rings (SSSR count). The Labute approximate surface area is 107 Å². The molecule has 2 aromatic rings. The van der Waals surface area contributed by atoms with Crippen molar-refractivity contribution in [3.8, 4) is 11.5 Å². The van der Waals surface area contributed by atoms with E-state index < -0.39 is 0 Å². The Morgan fingerprint density at radius 3 is 2.76 bits per heavy atom. The van der Waals surface area contributed by atoms with Crippen LogP contribution < -0.4 is 0 Å². The van der Waals surface area contributed by atoms with Crippen LogP contribution in [0.4, 0.5) is 0 Å². The highest BCUT2D eigenvalue weighted by molar-refractivity contribution is 6.30. The first-order valence-electron chi connectivity index (χ1n) is 5.75. The molecule has 1 aromatic carbocycles. The van der Waals surface area contributed by atoms with Crippen molar-refractivity contribution < 1.29 is 4.42 Å². The lowest BCUT2D eigenvalue weighted by molar-refractivity contribution is 0.380. The summed E-state index contributed by atoms with van der Waals surface area (Å²) in [5.74, 6) is 1.54. The van der Waals surface area contributed by atoms with Gasteiger partial charge in [-0.1, -0.05) is 38.4 Å². The molecule has 0 saturated carbocycles. The van der Waals surface area contributed by atoms with Gasteiger partial charge in [0.15, 0.2) is 0 Å². The minimum absolute atomic E-state index is 0.0177. The molecule has 0 spiro atoms. The Morgan fingerprint density at radius 1 is 1.35 bits per heavy atom. The Balaban J connectivity index is 2.36. The number of hydrogen-bond acceptors (Lipinski definition) is 2. The van der Waals surface area contributed by atoms with E-state index in [0.717, 1.165) is 17.7 Å². The molecule has 0 unspecified atom stereocenters. The third-order valence-corrected chi connectivity index (χ3v) is 3.36. The Hall–Kier alpha value is -1.28.